The maximum Gasteiger partial charge on any atom is 0.154 e. The zero-order valence-corrected chi connectivity index (χ0v) is 14.3. The van der Waals surface area contributed by atoms with Gasteiger partial charge in [-0.25, -0.2) is 0 Å². The van der Waals surface area contributed by atoms with Gasteiger partial charge < -0.3 is 10.2 Å². The van der Waals surface area contributed by atoms with Crippen LogP contribution in [0.5, 0.6) is 0 Å². The zero-order chi connectivity index (χ0) is 16.9. The van der Waals surface area contributed by atoms with E-state index in [2.05, 4.69) is 60.4 Å². The summed E-state index contributed by atoms with van der Waals surface area (Å²) in [4.78, 5) is 2.49. The molecule has 0 spiro atoms. The molecule has 3 nitrogen and oxygen atoms in total. The van der Waals surface area contributed by atoms with E-state index in [1.54, 1.807) is 0 Å². The average molecular weight is 325 g/mol. The Morgan fingerprint density at radius 2 is 1.38 bits per heavy atom. The third-order valence-corrected chi connectivity index (χ3v) is 5.28. The quantitative estimate of drug-likeness (QED) is 0.800. The highest BCUT2D eigenvalue weighted by molar-refractivity contribution is 5.17. The van der Waals surface area contributed by atoms with Crippen molar-refractivity contribution >= 4 is 0 Å². The van der Waals surface area contributed by atoms with Gasteiger partial charge in [0.1, 0.15) is 0 Å². The second-order valence-electron chi connectivity index (χ2n) is 7.06. The fourth-order valence-electron chi connectivity index (χ4n) is 3.91. The Bertz CT molecular complexity index is 573. The van der Waals surface area contributed by atoms with Crippen molar-refractivity contribution in [2.75, 3.05) is 0 Å². The largest absolute Gasteiger partial charge is 0.368 e. The first-order valence-corrected chi connectivity index (χ1v) is 8.81. The van der Waals surface area contributed by atoms with E-state index in [1.807, 2.05) is 12.1 Å². The molecule has 1 aliphatic carbocycles. The third-order valence-electron chi connectivity index (χ3n) is 5.28. The summed E-state index contributed by atoms with van der Waals surface area (Å²) in [6.45, 7) is 3.91. The van der Waals surface area contributed by atoms with Gasteiger partial charge in [-0.2, -0.15) is 0 Å². The maximum atomic E-state index is 9.64. The summed E-state index contributed by atoms with van der Waals surface area (Å²) in [5, 5.41) is 19.3. The van der Waals surface area contributed by atoms with Crippen LogP contribution in [-0.2, 0) is 13.1 Å². The first-order valence-electron chi connectivity index (χ1n) is 8.81. The molecule has 2 aromatic carbocycles. The van der Waals surface area contributed by atoms with E-state index in [9.17, 15) is 10.2 Å². The molecular weight excluding hydrogens is 298 g/mol. The molecule has 1 fully saturated rings. The van der Waals surface area contributed by atoms with Crippen LogP contribution in [0, 0.1) is 11.8 Å². The van der Waals surface area contributed by atoms with Crippen LogP contribution in [0.15, 0.2) is 60.7 Å². The summed E-state index contributed by atoms with van der Waals surface area (Å²) in [6.07, 6.45) is 0.654. The molecule has 24 heavy (non-hydrogen) atoms. The highest BCUT2D eigenvalue weighted by atomic mass is 16.5. The Hall–Kier alpha value is -1.68. The number of aliphatic hydroxyl groups excluding tert-OH is 1. The fourth-order valence-corrected chi connectivity index (χ4v) is 3.91. The Morgan fingerprint density at radius 1 is 0.875 bits per heavy atom. The smallest absolute Gasteiger partial charge is 0.154 e. The summed E-state index contributed by atoms with van der Waals surface area (Å²) < 4.78 is 0. The maximum absolute atomic E-state index is 9.64. The predicted octanol–water partition coefficient (Wildman–Crippen LogP) is 3.41. The second kappa shape index (κ2) is 7.93. The number of benzene rings is 2. The Labute approximate surface area is 144 Å². The minimum absolute atomic E-state index is 0.0240. The van der Waals surface area contributed by atoms with E-state index in [1.165, 1.54) is 11.1 Å². The lowest BCUT2D eigenvalue weighted by Gasteiger charge is -2.29. The van der Waals surface area contributed by atoms with Gasteiger partial charge in [-0.05, 0) is 29.9 Å². The van der Waals surface area contributed by atoms with Gasteiger partial charge in [0.25, 0.3) is 0 Å². The van der Waals surface area contributed by atoms with Gasteiger partial charge in [-0.1, -0.05) is 67.6 Å². The van der Waals surface area contributed by atoms with Gasteiger partial charge in [0.05, 0.1) is 0 Å². The zero-order valence-electron chi connectivity index (χ0n) is 14.3. The highest BCUT2D eigenvalue weighted by Gasteiger charge is 2.37. The fraction of sp³-hybridized carbons (Fsp3) is 0.429. The number of nitrogens with zero attached hydrogens (tertiary/aromatic N) is 1. The minimum Gasteiger partial charge on any atom is -0.368 e. The molecule has 0 aliphatic heterocycles. The van der Waals surface area contributed by atoms with Crippen LogP contribution < -0.4 is 0 Å². The van der Waals surface area contributed by atoms with Crippen molar-refractivity contribution in [3.05, 3.63) is 71.8 Å². The van der Waals surface area contributed by atoms with E-state index < -0.39 is 6.29 Å². The van der Waals surface area contributed by atoms with Gasteiger partial charge >= 0.3 is 0 Å². The lowest BCUT2D eigenvalue weighted by atomic mass is 9.98. The topological polar surface area (TPSA) is 43.7 Å². The number of aliphatic hydroxyl groups is 2. The molecule has 128 valence electrons. The molecule has 1 saturated carbocycles. The Morgan fingerprint density at radius 3 is 1.79 bits per heavy atom. The van der Waals surface area contributed by atoms with E-state index >= 15 is 0 Å². The first-order chi connectivity index (χ1) is 11.6. The molecule has 2 N–H and O–H groups in total. The molecule has 3 rings (SSSR count). The van der Waals surface area contributed by atoms with Crippen LogP contribution in [0.1, 0.15) is 30.9 Å². The SMILES string of the molecule is CC1CC(N(Cc2ccccc2)Cc2ccccc2)CC1C(O)O. The van der Waals surface area contributed by atoms with Crippen molar-refractivity contribution in [1.29, 1.82) is 0 Å². The van der Waals surface area contributed by atoms with Gasteiger partial charge in [-0.3, -0.25) is 4.90 Å². The molecule has 0 amide bonds. The monoisotopic (exact) mass is 325 g/mol. The number of hydrogen-bond acceptors (Lipinski definition) is 3. The van der Waals surface area contributed by atoms with Crippen LogP contribution >= 0.6 is 0 Å². The normalized spacial score (nSPS) is 24.0. The minimum atomic E-state index is -1.21. The van der Waals surface area contributed by atoms with Crippen molar-refractivity contribution in [3.63, 3.8) is 0 Å². The molecular formula is C21H27NO2. The van der Waals surface area contributed by atoms with Crippen molar-refractivity contribution < 1.29 is 10.2 Å². The third kappa shape index (κ3) is 4.23. The molecule has 0 radical (unpaired) electrons. The van der Waals surface area contributed by atoms with E-state index in [0.29, 0.717) is 12.0 Å². The van der Waals surface area contributed by atoms with Crippen molar-refractivity contribution in [2.45, 2.75) is 45.2 Å². The number of rotatable bonds is 6. The molecule has 1 aliphatic rings. The first kappa shape index (κ1) is 17.2. The van der Waals surface area contributed by atoms with Crippen LogP contribution in [0.4, 0.5) is 0 Å². The van der Waals surface area contributed by atoms with Gasteiger partial charge in [0, 0.05) is 25.0 Å². The van der Waals surface area contributed by atoms with Crippen LogP contribution in [0.25, 0.3) is 0 Å². The molecule has 3 heteroatoms. The lowest BCUT2D eigenvalue weighted by molar-refractivity contribution is -0.0931. The summed E-state index contributed by atoms with van der Waals surface area (Å²) in [7, 11) is 0. The molecule has 0 saturated heterocycles. The van der Waals surface area contributed by atoms with E-state index in [4.69, 9.17) is 0 Å². The Balaban J connectivity index is 1.77. The Kier molecular flexibility index (Phi) is 5.67. The second-order valence-corrected chi connectivity index (χ2v) is 7.06. The van der Waals surface area contributed by atoms with Gasteiger partial charge in [0.2, 0.25) is 0 Å². The van der Waals surface area contributed by atoms with Crippen LogP contribution in [0.2, 0.25) is 0 Å². The number of hydrogen-bond donors (Lipinski definition) is 2. The van der Waals surface area contributed by atoms with Crippen molar-refractivity contribution in [2.24, 2.45) is 11.8 Å². The lowest BCUT2D eigenvalue weighted by Crippen LogP contribution is -2.33. The van der Waals surface area contributed by atoms with Gasteiger partial charge in [0.15, 0.2) is 6.29 Å². The summed E-state index contributed by atoms with van der Waals surface area (Å²) in [6, 6.07) is 21.4. The van der Waals surface area contributed by atoms with E-state index in [0.717, 1.165) is 25.9 Å². The van der Waals surface area contributed by atoms with E-state index in [-0.39, 0.29) is 5.92 Å². The van der Waals surface area contributed by atoms with Crippen LogP contribution in [-0.4, -0.2) is 27.4 Å². The molecule has 3 unspecified atom stereocenters. The molecule has 0 heterocycles. The highest BCUT2D eigenvalue weighted by Crippen LogP contribution is 2.37. The summed E-state index contributed by atoms with van der Waals surface area (Å²) >= 11 is 0. The average Bonchev–Trinajstić information content (AvgIpc) is 2.98. The standard InChI is InChI=1S/C21H27NO2/c1-16-12-19(13-20(16)21(23)24)22(14-17-8-4-2-5-9-17)15-18-10-6-3-7-11-18/h2-11,16,19-21,23-24H,12-15H2,1H3. The summed E-state index contributed by atoms with van der Waals surface area (Å²) in [5.41, 5.74) is 2.60. The molecule has 0 bridgehead atoms. The van der Waals surface area contributed by atoms with Crippen molar-refractivity contribution in [3.8, 4) is 0 Å². The van der Waals surface area contributed by atoms with Gasteiger partial charge in [-0.15, -0.1) is 0 Å². The molecule has 2 aromatic rings. The molecule has 0 aromatic heterocycles. The predicted molar refractivity (Wildman–Crippen MR) is 96.0 cm³/mol. The van der Waals surface area contributed by atoms with Crippen LogP contribution in [0.3, 0.4) is 0 Å². The molecule has 3 atom stereocenters. The summed E-state index contributed by atoms with van der Waals surface area (Å²) in [5.74, 6) is 0.313. The van der Waals surface area contributed by atoms with Crippen molar-refractivity contribution in [1.82, 2.24) is 4.90 Å².